The van der Waals surface area contributed by atoms with Gasteiger partial charge in [-0.15, -0.1) is 0 Å². The number of para-hydroxylation sites is 2. The Labute approximate surface area is 339 Å². The molecule has 0 N–H and O–H groups in total. The van der Waals surface area contributed by atoms with Crippen molar-refractivity contribution in [3.8, 4) is 17.3 Å². The van der Waals surface area contributed by atoms with Crippen LogP contribution >= 0.6 is 0 Å². The van der Waals surface area contributed by atoms with E-state index in [1.165, 1.54) is 33.3 Å². The number of hydrogen-bond acceptors (Lipinski definition) is 6. The Morgan fingerprint density at radius 1 is 0.569 bits per heavy atom. The molecule has 0 fully saturated rings. The van der Waals surface area contributed by atoms with Gasteiger partial charge in [0.2, 0.25) is 0 Å². The molecule has 0 saturated carbocycles. The third kappa shape index (κ3) is 5.79. The van der Waals surface area contributed by atoms with Gasteiger partial charge in [0.05, 0.1) is 27.8 Å². The predicted octanol–water partition coefficient (Wildman–Crippen LogP) is 13.7. The highest BCUT2D eigenvalue weighted by Gasteiger charge is 2.33. The molecule has 5 heterocycles. The van der Waals surface area contributed by atoms with Crippen molar-refractivity contribution in [2.24, 2.45) is 0 Å². The van der Waals surface area contributed by atoms with Gasteiger partial charge in [0.15, 0.2) is 5.82 Å². The molecule has 0 spiro atoms. The first-order valence-electron chi connectivity index (χ1n) is 20.1. The summed E-state index contributed by atoms with van der Waals surface area (Å²) in [5.74, 6) is 3.16. The third-order valence-corrected chi connectivity index (χ3v) is 11.7. The molecule has 7 heteroatoms. The number of hydrogen-bond donors (Lipinski definition) is 0. The van der Waals surface area contributed by atoms with Crippen LogP contribution in [0, 0.1) is 13.8 Å². The number of anilines is 4. The molecule has 0 saturated heterocycles. The van der Waals surface area contributed by atoms with Gasteiger partial charge >= 0.3 is 0 Å². The average Bonchev–Trinajstić information content (AvgIpc) is 3.86. The number of aryl methyl sites for hydroxylation is 2. The van der Waals surface area contributed by atoms with Crippen LogP contribution in [-0.4, -0.2) is 21.2 Å². The molecule has 5 aromatic carbocycles. The summed E-state index contributed by atoms with van der Waals surface area (Å²) in [6.07, 6.45) is 3.79. The van der Waals surface area contributed by atoms with E-state index in [4.69, 9.17) is 19.1 Å². The molecular formula is C51H47N5O2. The van der Waals surface area contributed by atoms with Gasteiger partial charge in [0.25, 0.3) is 0 Å². The second kappa shape index (κ2) is 13.0. The van der Waals surface area contributed by atoms with E-state index in [1.807, 2.05) is 36.7 Å². The zero-order valence-electron chi connectivity index (χ0n) is 34.4. The first-order chi connectivity index (χ1) is 27.8. The van der Waals surface area contributed by atoms with E-state index in [0.29, 0.717) is 12.4 Å². The molecule has 0 radical (unpaired) electrons. The summed E-state index contributed by atoms with van der Waals surface area (Å²) in [4.78, 5) is 14.6. The van der Waals surface area contributed by atoms with Crippen LogP contribution in [-0.2, 0) is 10.8 Å². The van der Waals surface area contributed by atoms with Crippen molar-refractivity contribution >= 4 is 66.6 Å². The molecule has 58 heavy (non-hydrogen) atoms. The summed E-state index contributed by atoms with van der Waals surface area (Å²) >= 11 is 0. The number of rotatable bonds is 5. The largest absolute Gasteiger partial charge is 0.457 e. The Balaban J connectivity index is 1.11. The van der Waals surface area contributed by atoms with Crippen LogP contribution in [0.25, 0.3) is 49.6 Å². The Bertz CT molecular complexity index is 3060. The molecule has 4 aromatic heterocycles. The van der Waals surface area contributed by atoms with Crippen LogP contribution in [0.15, 0.2) is 132 Å². The lowest BCUT2D eigenvalue weighted by Gasteiger charge is -2.28. The lowest BCUT2D eigenvalue weighted by atomic mass is 9.84. The summed E-state index contributed by atoms with van der Waals surface area (Å²) < 4.78 is 15.7. The molecule has 0 unspecified atom stereocenters. The average molecular weight is 762 g/mol. The Morgan fingerprint density at radius 2 is 1.29 bits per heavy atom. The molecule has 0 amide bonds. The van der Waals surface area contributed by atoms with E-state index in [2.05, 4.69) is 161 Å². The number of ether oxygens (including phenoxy) is 1. The van der Waals surface area contributed by atoms with Crippen LogP contribution in [0.2, 0.25) is 0 Å². The van der Waals surface area contributed by atoms with Gasteiger partial charge in [-0.05, 0) is 95.5 Å². The normalized spacial score (nSPS) is 13.4. The van der Waals surface area contributed by atoms with E-state index < -0.39 is 0 Å². The molecular weight excluding hydrogens is 715 g/mol. The SMILES string of the molecule is Cc1cc(C(C)(C)C)cc(C)c1N1CN(c2cc(Oc3ccc4c5ccccc5n(-c5cc(C(C)(C)C)ccn5)c4c3)cc3oc4ccccc4c23)c2ncccc21. The third-order valence-electron chi connectivity index (χ3n) is 11.7. The van der Waals surface area contributed by atoms with Crippen molar-refractivity contribution in [3.05, 3.63) is 150 Å². The highest BCUT2D eigenvalue weighted by Crippen LogP contribution is 2.49. The van der Waals surface area contributed by atoms with Gasteiger partial charge in [0, 0.05) is 52.4 Å². The van der Waals surface area contributed by atoms with E-state index in [0.717, 1.165) is 67.1 Å². The number of fused-ring (bicyclic) bond motifs is 7. The van der Waals surface area contributed by atoms with Gasteiger partial charge in [-0.1, -0.05) is 90.1 Å². The molecule has 10 rings (SSSR count). The van der Waals surface area contributed by atoms with Gasteiger partial charge in [-0.2, -0.15) is 0 Å². The van der Waals surface area contributed by atoms with Crippen molar-refractivity contribution in [3.63, 3.8) is 0 Å². The minimum atomic E-state index is -0.0192. The smallest absolute Gasteiger partial charge is 0.158 e. The number of furan rings is 1. The van der Waals surface area contributed by atoms with Crippen molar-refractivity contribution in [1.29, 1.82) is 0 Å². The molecule has 1 aliphatic heterocycles. The minimum absolute atomic E-state index is 0.0192. The highest BCUT2D eigenvalue weighted by molar-refractivity contribution is 6.14. The van der Waals surface area contributed by atoms with E-state index >= 15 is 0 Å². The molecule has 9 aromatic rings. The summed E-state index contributed by atoms with van der Waals surface area (Å²) in [6, 6.07) is 40.4. The van der Waals surface area contributed by atoms with Gasteiger partial charge in [-0.3, -0.25) is 4.57 Å². The van der Waals surface area contributed by atoms with Crippen LogP contribution in [0.1, 0.15) is 63.8 Å². The molecule has 0 atom stereocenters. The number of aromatic nitrogens is 3. The quantitative estimate of drug-likeness (QED) is 0.174. The predicted molar refractivity (Wildman–Crippen MR) is 239 cm³/mol. The Hall–Kier alpha value is -6.60. The van der Waals surface area contributed by atoms with Gasteiger partial charge in [-0.25, -0.2) is 9.97 Å². The minimum Gasteiger partial charge on any atom is -0.457 e. The van der Waals surface area contributed by atoms with Crippen LogP contribution < -0.4 is 14.5 Å². The molecule has 7 nitrogen and oxygen atoms in total. The fourth-order valence-corrected chi connectivity index (χ4v) is 8.77. The van der Waals surface area contributed by atoms with Crippen molar-refractivity contribution in [1.82, 2.24) is 14.5 Å². The van der Waals surface area contributed by atoms with Gasteiger partial charge < -0.3 is 19.0 Å². The van der Waals surface area contributed by atoms with E-state index in [1.54, 1.807) is 0 Å². The fraction of sp³-hybridized carbons (Fsp3) is 0.216. The van der Waals surface area contributed by atoms with E-state index in [9.17, 15) is 0 Å². The lowest BCUT2D eigenvalue weighted by molar-refractivity contribution is 0.483. The zero-order chi connectivity index (χ0) is 40.1. The number of nitrogens with zero attached hydrogens (tertiary/aromatic N) is 5. The van der Waals surface area contributed by atoms with Crippen molar-refractivity contribution < 1.29 is 9.15 Å². The molecule has 1 aliphatic rings. The maximum atomic E-state index is 6.88. The highest BCUT2D eigenvalue weighted by atomic mass is 16.5. The molecule has 0 bridgehead atoms. The Kier molecular flexibility index (Phi) is 8.00. The number of pyridine rings is 2. The fourth-order valence-electron chi connectivity index (χ4n) is 8.77. The summed E-state index contributed by atoms with van der Waals surface area (Å²) in [5, 5.41) is 4.38. The second-order valence-corrected chi connectivity index (χ2v) is 17.8. The lowest BCUT2D eigenvalue weighted by Crippen LogP contribution is -2.26. The zero-order valence-corrected chi connectivity index (χ0v) is 34.4. The maximum absolute atomic E-state index is 6.88. The standard InChI is InChI=1S/C51H47N5O2/c1-31-24-34(51(6,7)8)25-32(2)48(31)54-30-55(49-41(54)17-13-22-53-49)43-28-36(29-45-47(43)39-15-10-12-18-44(39)58-45)57-35-19-20-38-37-14-9-11-16-40(37)56(42(38)27-35)46-26-33(21-23-52-46)50(3,4)5/h9-29H,30H2,1-8H3. The summed E-state index contributed by atoms with van der Waals surface area (Å²) in [7, 11) is 0. The van der Waals surface area contributed by atoms with Crippen molar-refractivity contribution in [2.75, 3.05) is 16.5 Å². The van der Waals surface area contributed by atoms with Crippen LogP contribution in [0.4, 0.5) is 22.9 Å². The maximum Gasteiger partial charge on any atom is 0.158 e. The molecule has 0 aliphatic carbocycles. The van der Waals surface area contributed by atoms with Crippen LogP contribution in [0.3, 0.4) is 0 Å². The second-order valence-electron chi connectivity index (χ2n) is 17.8. The van der Waals surface area contributed by atoms with Crippen LogP contribution in [0.5, 0.6) is 11.5 Å². The van der Waals surface area contributed by atoms with Crippen molar-refractivity contribution in [2.45, 2.75) is 66.2 Å². The topological polar surface area (TPSA) is 59.6 Å². The first kappa shape index (κ1) is 35.8. The Morgan fingerprint density at radius 3 is 2.07 bits per heavy atom. The summed E-state index contributed by atoms with van der Waals surface area (Å²) in [6.45, 7) is 18.5. The van der Waals surface area contributed by atoms with E-state index in [-0.39, 0.29) is 10.8 Å². The molecule has 288 valence electrons. The monoisotopic (exact) mass is 761 g/mol. The first-order valence-corrected chi connectivity index (χ1v) is 20.1. The summed E-state index contributed by atoms with van der Waals surface area (Å²) in [5.41, 5.74) is 12.0. The number of benzene rings is 5. The van der Waals surface area contributed by atoms with Gasteiger partial charge in [0.1, 0.15) is 35.2 Å².